The summed E-state index contributed by atoms with van der Waals surface area (Å²) in [4.78, 5) is 30.8. The van der Waals surface area contributed by atoms with E-state index in [1.165, 1.54) is 0 Å². The molecule has 1 heterocycles. The van der Waals surface area contributed by atoms with Crippen LogP contribution in [0.4, 0.5) is 0 Å². The van der Waals surface area contributed by atoms with Crippen LogP contribution >= 0.6 is 11.6 Å². The third kappa shape index (κ3) is 2.44. The lowest BCUT2D eigenvalue weighted by atomic mass is 10.2. The Bertz CT molecular complexity index is 803. The Hall–Kier alpha value is -2.14. The molecule has 0 aliphatic carbocycles. The zero-order chi connectivity index (χ0) is 14.9. The van der Waals surface area contributed by atoms with Gasteiger partial charge in [-0.3, -0.25) is 9.79 Å². The van der Waals surface area contributed by atoms with Gasteiger partial charge >= 0.3 is 5.69 Å². The predicted octanol–water partition coefficient (Wildman–Crippen LogP) is 1.84. The third-order valence-corrected chi connectivity index (χ3v) is 3.43. The van der Waals surface area contributed by atoms with E-state index in [0.717, 1.165) is 4.57 Å². The van der Waals surface area contributed by atoms with Crippen molar-refractivity contribution in [2.24, 2.45) is 4.99 Å². The highest BCUT2D eigenvalue weighted by atomic mass is 35.5. The molecule has 0 unspecified atom stereocenters. The zero-order valence-corrected chi connectivity index (χ0v) is 12.2. The molecule has 0 saturated heterocycles. The summed E-state index contributed by atoms with van der Waals surface area (Å²) in [6, 6.07) is 4.91. The van der Waals surface area contributed by atoms with E-state index in [9.17, 15) is 9.59 Å². The van der Waals surface area contributed by atoms with Crippen molar-refractivity contribution in [3.8, 4) is 5.69 Å². The maximum atomic E-state index is 12.2. The number of hydrogen-bond acceptors (Lipinski definition) is 3. The number of aromatic nitrogens is 2. The smallest absolute Gasteiger partial charge is 0.311 e. The van der Waals surface area contributed by atoms with Crippen LogP contribution in [0.2, 0.25) is 5.02 Å². The second-order valence-corrected chi connectivity index (χ2v) is 4.82. The van der Waals surface area contributed by atoms with Gasteiger partial charge in [-0.05, 0) is 32.0 Å². The Kier molecular flexibility index (Phi) is 3.90. The molecule has 104 valence electrons. The van der Waals surface area contributed by atoms with Crippen molar-refractivity contribution >= 4 is 17.8 Å². The Morgan fingerprint density at radius 1 is 1.30 bits per heavy atom. The van der Waals surface area contributed by atoms with Crippen molar-refractivity contribution in [1.82, 2.24) is 9.55 Å². The summed E-state index contributed by atoms with van der Waals surface area (Å²) < 4.78 is 1.09. The van der Waals surface area contributed by atoms with Gasteiger partial charge < -0.3 is 4.98 Å². The molecule has 0 fully saturated rings. The summed E-state index contributed by atoms with van der Waals surface area (Å²) in [5, 5.41) is 0.507. The number of aryl methyl sites for hydroxylation is 1. The minimum atomic E-state index is -0.472. The second kappa shape index (κ2) is 5.46. The van der Waals surface area contributed by atoms with Crippen LogP contribution in [0.5, 0.6) is 0 Å². The number of halogens is 1. The molecule has 5 nitrogen and oxygen atoms in total. The molecule has 0 spiro atoms. The Morgan fingerprint density at radius 2 is 2.00 bits per heavy atom. The van der Waals surface area contributed by atoms with Crippen LogP contribution in [-0.2, 0) is 0 Å². The molecule has 2 aromatic rings. The van der Waals surface area contributed by atoms with E-state index in [0.29, 0.717) is 27.5 Å². The summed E-state index contributed by atoms with van der Waals surface area (Å²) in [6.45, 7) is 3.37. The first-order valence-electron chi connectivity index (χ1n) is 6.00. The highest BCUT2D eigenvalue weighted by molar-refractivity contribution is 6.33. The molecule has 0 bridgehead atoms. The number of hydrogen-bond donors (Lipinski definition) is 1. The first-order valence-corrected chi connectivity index (χ1v) is 6.38. The number of benzene rings is 1. The molecule has 0 aliphatic rings. The average molecular weight is 292 g/mol. The molecule has 6 heteroatoms. The van der Waals surface area contributed by atoms with Crippen LogP contribution in [0.1, 0.15) is 16.8 Å². The normalized spacial score (nSPS) is 11.2. The van der Waals surface area contributed by atoms with Gasteiger partial charge in [0.2, 0.25) is 0 Å². The number of H-pyrrole nitrogens is 1. The Balaban J connectivity index is 2.76. The van der Waals surface area contributed by atoms with Gasteiger partial charge in [0.25, 0.3) is 5.56 Å². The third-order valence-electron chi connectivity index (χ3n) is 3.09. The van der Waals surface area contributed by atoms with Crippen molar-refractivity contribution in [2.45, 2.75) is 13.8 Å². The van der Waals surface area contributed by atoms with E-state index in [1.807, 2.05) is 0 Å². The van der Waals surface area contributed by atoms with Gasteiger partial charge in [-0.2, -0.15) is 0 Å². The minimum absolute atomic E-state index is 0.340. The molecular weight excluding hydrogens is 278 g/mol. The molecule has 0 amide bonds. The SMILES string of the molecule is CN=Cc1cc(-n2c(=O)[nH]c(C)c(C)c2=O)ccc1Cl. The summed E-state index contributed by atoms with van der Waals surface area (Å²) in [7, 11) is 1.62. The van der Waals surface area contributed by atoms with Gasteiger partial charge in [0, 0.05) is 35.1 Å². The van der Waals surface area contributed by atoms with Crippen LogP contribution in [-0.4, -0.2) is 22.8 Å². The number of rotatable bonds is 2. The summed E-state index contributed by atoms with van der Waals surface area (Å²) >= 11 is 6.03. The fourth-order valence-corrected chi connectivity index (χ4v) is 2.04. The standard InChI is InChI=1S/C14H14ClN3O2/c1-8-9(2)17-14(20)18(13(8)19)11-4-5-12(15)10(6-11)7-16-3/h4-7H,1-3H3,(H,17,20). The van der Waals surface area contributed by atoms with Crippen LogP contribution in [0.25, 0.3) is 5.69 Å². The summed E-state index contributed by atoms with van der Waals surface area (Å²) in [6.07, 6.45) is 1.58. The van der Waals surface area contributed by atoms with E-state index in [-0.39, 0.29) is 5.56 Å². The number of nitrogens with one attached hydrogen (secondary N) is 1. The topological polar surface area (TPSA) is 67.2 Å². The first kappa shape index (κ1) is 14.3. The first-order chi connectivity index (χ1) is 9.45. The van der Waals surface area contributed by atoms with Crippen molar-refractivity contribution in [3.05, 3.63) is 60.9 Å². The molecule has 2 rings (SSSR count). The van der Waals surface area contributed by atoms with Crippen molar-refractivity contribution < 1.29 is 0 Å². The summed E-state index contributed by atoms with van der Waals surface area (Å²) in [5.74, 6) is 0. The van der Waals surface area contributed by atoms with Gasteiger partial charge in [-0.15, -0.1) is 0 Å². The van der Waals surface area contributed by atoms with Crippen molar-refractivity contribution in [3.63, 3.8) is 0 Å². The molecule has 1 N–H and O–H groups in total. The fraction of sp³-hybridized carbons (Fsp3) is 0.214. The van der Waals surface area contributed by atoms with E-state index in [4.69, 9.17) is 11.6 Å². The number of aromatic amines is 1. The lowest BCUT2D eigenvalue weighted by Crippen LogP contribution is -2.36. The van der Waals surface area contributed by atoms with E-state index >= 15 is 0 Å². The van der Waals surface area contributed by atoms with Crippen molar-refractivity contribution in [2.75, 3.05) is 7.05 Å². The summed E-state index contributed by atoms with van der Waals surface area (Å²) in [5.41, 5.74) is 1.37. The van der Waals surface area contributed by atoms with Gasteiger partial charge in [0.05, 0.1) is 5.69 Å². The van der Waals surface area contributed by atoms with E-state index < -0.39 is 5.69 Å². The minimum Gasteiger partial charge on any atom is -0.311 e. The van der Waals surface area contributed by atoms with Gasteiger partial charge in [0.15, 0.2) is 0 Å². The highest BCUT2D eigenvalue weighted by Crippen LogP contribution is 2.17. The molecule has 0 aliphatic heterocycles. The average Bonchev–Trinajstić information content (AvgIpc) is 2.40. The molecule has 1 aromatic heterocycles. The highest BCUT2D eigenvalue weighted by Gasteiger charge is 2.10. The lowest BCUT2D eigenvalue weighted by Gasteiger charge is -2.09. The van der Waals surface area contributed by atoms with Crippen LogP contribution in [0.15, 0.2) is 32.8 Å². The molecule has 20 heavy (non-hydrogen) atoms. The van der Waals surface area contributed by atoms with Crippen LogP contribution in [0.3, 0.4) is 0 Å². The molecule has 0 atom stereocenters. The van der Waals surface area contributed by atoms with Crippen molar-refractivity contribution in [1.29, 1.82) is 0 Å². The monoisotopic (exact) mass is 291 g/mol. The van der Waals surface area contributed by atoms with E-state index in [1.54, 1.807) is 45.3 Å². The largest absolute Gasteiger partial charge is 0.333 e. The van der Waals surface area contributed by atoms with Crippen LogP contribution in [0, 0.1) is 13.8 Å². The van der Waals surface area contributed by atoms with Crippen LogP contribution < -0.4 is 11.2 Å². The molecule has 0 radical (unpaired) electrons. The quantitative estimate of drug-likeness (QED) is 0.858. The van der Waals surface area contributed by atoms with Gasteiger partial charge in [-0.25, -0.2) is 9.36 Å². The zero-order valence-electron chi connectivity index (χ0n) is 11.4. The Labute approximate surface area is 120 Å². The van der Waals surface area contributed by atoms with E-state index in [2.05, 4.69) is 9.98 Å². The predicted molar refractivity (Wildman–Crippen MR) is 80.7 cm³/mol. The number of aliphatic imine (C=N–C) groups is 1. The Morgan fingerprint density at radius 3 is 2.65 bits per heavy atom. The molecule has 0 saturated carbocycles. The molecular formula is C14H14ClN3O2. The van der Waals surface area contributed by atoms with Gasteiger partial charge in [0.1, 0.15) is 0 Å². The van der Waals surface area contributed by atoms with Gasteiger partial charge in [-0.1, -0.05) is 11.6 Å². The fourth-order valence-electron chi connectivity index (χ4n) is 1.87. The molecule has 1 aromatic carbocycles. The maximum absolute atomic E-state index is 12.2. The second-order valence-electron chi connectivity index (χ2n) is 4.41. The maximum Gasteiger partial charge on any atom is 0.333 e. The number of nitrogens with zero attached hydrogens (tertiary/aromatic N) is 2. The lowest BCUT2D eigenvalue weighted by molar-refractivity contribution is 0.840.